The number of benzene rings is 2. The van der Waals surface area contributed by atoms with Crippen LogP contribution in [0, 0.1) is 0 Å². The number of carbonyl (C=O) groups is 1. The predicted octanol–water partition coefficient (Wildman–Crippen LogP) is 2.57. The monoisotopic (exact) mass is 344 g/mol. The summed E-state index contributed by atoms with van der Waals surface area (Å²) < 4.78 is 15.4. The first-order chi connectivity index (χ1) is 12.0. The average molecular weight is 344 g/mol. The molecule has 1 amide bonds. The molecule has 0 unspecified atom stereocenters. The molecule has 0 saturated heterocycles. The van der Waals surface area contributed by atoms with Gasteiger partial charge in [-0.05, 0) is 37.3 Å². The molecule has 2 aromatic rings. The average Bonchev–Trinajstić information content (AvgIpc) is 2.65. The van der Waals surface area contributed by atoms with Gasteiger partial charge in [-0.2, -0.15) is 5.10 Å². The Labute approximate surface area is 145 Å². The van der Waals surface area contributed by atoms with Crippen molar-refractivity contribution >= 4 is 11.6 Å². The summed E-state index contributed by atoms with van der Waals surface area (Å²) in [5.41, 5.74) is 3.68. The number of ether oxygens (including phenoxy) is 3. The van der Waals surface area contributed by atoms with Crippen molar-refractivity contribution in [2.24, 2.45) is 5.10 Å². The lowest BCUT2D eigenvalue weighted by Gasteiger charge is -2.09. The van der Waals surface area contributed by atoms with E-state index >= 15 is 0 Å². The highest BCUT2D eigenvalue weighted by molar-refractivity contribution is 6.03. The van der Waals surface area contributed by atoms with Crippen molar-refractivity contribution in [3.05, 3.63) is 47.5 Å². The Morgan fingerprint density at radius 3 is 2.12 bits per heavy atom. The van der Waals surface area contributed by atoms with Crippen LogP contribution < -0.4 is 19.6 Å². The number of nitrogens with one attached hydrogen (secondary N) is 1. The molecule has 2 rings (SSSR count). The number of hydrogen-bond acceptors (Lipinski definition) is 6. The van der Waals surface area contributed by atoms with Crippen LogP contribution >= 0.6 is 0 Å². The van der Waals surface area contributed by atoms with Gasteiger partial charge in [0.15, 0.2) is 0 Å². The normalized spacial score (nSPS) is 11.0. The molecule has 2 aromatic carbocycles. The molecular formula is C18H20N2O5. The van der Waals surface area contributed by atoms with Gasteiger partial charge in [0.05, 0.1) is 27.0 Å². The molecule has 0 atom stereocenters. The van der Waals surface area contributed by atoms with Crippen LogP contribution in [0.3, 0.4) is 0 Å². The number of hydrogen-bond donors (Lipinski definition) is 2. The van der Waals surface area contributed by atoms with Gasteiger partial charge in [0.2, 0.25) is 0 Å². The van der Waals surface area contributed by atoms with E-state index in [9.17, 15) is 9.90 Å². The Bertz CT molecular complexity index is 780. The first-order valence-corrected chi connectivity index (χ1v) is 7.43. The number of methoxy groups -OCH3 is 3. The minimum atomic E-state index is -0.432. The number of carbonyl (C=O) groups excluding carboxylic acids is 1. The van der Waals surface area contributed by atoms with Crippen LogP contribution in [-0.2, 0) is 0 Å². The molecule has 25 heavy (non-hydrogen) atoms. The molecule has 7 nitrogen and oxygen atoms in total. The number of nitrogens with zero attached hydrogens (tertiary/aromatic N) is 1. The third-order valence-corrected chi connectivity index (χ3v) is 3.53. The maximum atomic E-state index is 12.3. The highest BCUT2D eigenvalue weighted by Crippen LogP contribution is 2.24. The molecule has 0 aliphatic carbocycles. The lowest BCUT2D eigenvalue weighted by atomic mass is 10.1. The molecule has 0 radical (unpaired) electrons. The van der Waals surface area contributed by atoms with Crippen LogP contribution in [0.2, 0.25) is 0 Å². The zero-order valence-electron chi connectivity index (χ0n) is 14.5. The fourth-order valence-corrected chi connectivity index (χ4v) is 2.13. The summed E-state index contributed by atoms with van der Waals surface area (Å²) >= 11 is 0. The molecule has 0 aliphatic heterocycles. The first kappa shape index (κ1) is 18.1. The SMILES string of the molecule is COc1cc(OC)cc(C(=O)N/N=C(\C)c2cc(OC)ccc2O)c1. The zero-order valence-corrected chi connectivity index (χ0v) is 14.5. The van der Waals surface area contributed by atoms with Crippen LogP contribution in [0.5, 0.6) is 23.0 Å². The second-order valence-corrected chi connectivity index (χ2v) is 5.12. The molecule has 0 aliphatic rings. The van der Waals surface area contributed by atoms with Gasteiger partial charge in [-0.25, -0.2) is 5.43 Å². The van der Waals surface area contributed by atoms with Gasteiger partial charge >= 0.3 is 0 Å². The van der Waals surface area contributed by atoms with E-state index in [4.69, 9.17) is 14.2 Å². The number of aromatic hydroxyl groups is 1. The molecule has 7 heteroatoms. The summed E-state index contributed by atoms with van der Waals surface area (Å²) in [6.07, 6.45) is 0. The molecule has 132 valence electrons. The standard InChI is InChI=1S/C18H20N2O5/c1-11(16-10-13(23-2)5-6-17(16)21)19-20-18(22)12-7-14(24-3)9-15(8-12)25-4/h5-10,21H,1-4H3,(H,20,22)/b19-11+. The van der Waals surface area contributed by atoms with Crippen molar-refractivity contribution in [3.8, 4) is 23.0 Å². The number of phenolic OH excluding ortho intramolecular Hbond substituents is 1. The van der Waals surface area contributed by atoms with Gasteiger partial charge in [0, 0.05) is 17.2 Å². The van der Waals surface area contributed by atoms with E-state index in [0.29, 0.717) is 34.1 Å². The summed E-state index contributed by atoms with van der Waals surface area (Å²) in [6, 6.07) is 9.58. The van der Waals surface area contributed by atoms with Crippen molar-refractivity contribution in [1.82, 2.24) is 5.43 Å². The van der Waals surface area contributed by atoms with Crippen molar-refractivity contribution < 1.29 is 24.1 Å². The fourth-order valence-electron chi connectivity index (χ4n) is 2.13. The largest absolute Gasteiger partial charge is 0.507 e. The molecule has 0 saturated carbocycles. The second-order valence-electron chi connectivity index (χ2n) is 5.12. The van der Waals surface area contributed by atoms with E-state index in [1.165, 1.54) is 27.4 Å². The van der Waals surface area contributed by atoms with Crippen molar-refractivity contribution in [1.29, 1.82) is 0 Å². The van der Waals surface area contributed by atoms with Gasteiger partial charge in [0.25, 0.3) is 5.91 Å². The van der Waals surface area contributed by atoms with E-state index in [1.54, 1.807) is 37.3 Å². The smallest absolute Gasteiger partial charge is 0.271 e. The third kappa shape index (κ3) is 4.41. The van der Waals surface area contributed by atoms with Gasteiger partial charge in [-0.15, -0.1) is 0 Å². The first-order valence-electron chi connectivity index (χ1n) is 7.43. The summed E-state index contributed by atoms with van der Waals surface area (Å²) in [4.78, 5) is 12.3. The van der Waals surface area contributed by atoms with Crippen LogP contribution in [-0.4, -0.2) is 38.1 Å². The van der Waals surface area contributed by atoms with Crippen LogP contribution in [0.25, 0.3) is 0 Å². The lowest BCUT2D eigenvalue weighted by molar-refractivity contribution is 0.0954. The van der Waals surface area contributed by atoms with E-state index in [-0.39, 0.29) is 5.75 Å². The van der Waals surface area contributed by atoms with Gasteiger partial charge in [0.1, 0.15) is 23.0 Å². The molecule has 0 aromatic heterocycles. The van der Waals surface area contributed by atoms with Crippen LogP contribution in [0.1, 0.15) is 22.8 Å². The summed E-state index contributed by atoms with van der Waals surface area (Å²) in [6.45, 7) is 1.67. The van der Waals surface area contributed by atoms with Crippen molar-refractivity contribution in [2.45, 2.75) is 6.92 Å². The predicted molar refractivity (Wildman–Crippen MR) is 93.9 cm³/mol. The summed E-state index contributed by atoms with van der Waals surface area (Å²) in [7, 11) is 4.54. The highest BCUT2D eigenvalue weighted by atomic mass is 16.5. The maximum absolute atomic E-state index is 12.3. The quantitative estimate of drug-likeness (QED) is 0.621. The molecule has 0 spiro atoms. The minimum absolute atomic E-state index is 0.0411. The van der Waals surface area contributed by atoms with E-state index < -0.39 is 5.91 Å². The van der Waals surface area contributed by atoms with Crippen molar-refractivity contribution in [3.63, 3.8) is 0 Å². The number of phenols is 1. The minimum Gasteiger partial charge on any atom is -0.507 e. The number of amides is 1. The van der Waals surface area contributed by atoms with Crippen LogP contribution in [0.15, 0.2) is 41.5 Å². The molecule has 0 fully saturated rings. The zero-order chi connectivity index (χ0) is 18.4. The van der Waals surface area contributed by atoms with Gasteiger partial charge < -0.3 is 19.3 Å². The topological polar surface area (TPSA) is 89.4 Å². The summed E-state index contributed by atoms with van der Waals surface area (Å²) in [5, 5.41) is 14.0. The fraction of sp³-hybridized carbons (Fsp3) is 0.222. The Balaban J connectivity index is 2.22. The molecular weight excluding hydrogens is 324 g/mol. The third-order valence-electron chi connectivity index (χ3n) is 3.53. The van der Waals surface area contributed by atoms with E-state index in [2.05, 4.69) is 10.5 Å². The van der Waals surface area contributed by atoms with E-state index in [0.717, 1.165) is 0 Å². The van der Waals surface area contributed by atoms with Crippen molar-refractivity contribution in [2.75, 3.05) is 21.3 Å². The number of hydrazone groups is 1. The van der Waals surface area contributed by atoms with E-state index in [1.807, 2.05) is 0 Å². The lowest BCUT2D eigenvalue weighted by Crippen LogP contribution is -2.19. The second kappa shape index (κ2) is 8.05. The maximum Gasteiger partial charge on any atom is 0.271 e. The van der Waals surface area contributed by atoms with Crippen LogP contribution in [0.4, 0.5) is 0 Å². The Hall–Kier alpha value is -3.22. The Morgan fingerprint density at radius 2 is 1.56 bits per heavy atom. The molecule has 0 heterocycles. The highest BCUT2D eigenvalue weighted by Gasteiger charge is 2.11. The Morgan fingerprint density at radius 1 is 0.960 bits per heavy atom. The number of rotatable bonds is 6. The summed E-state index contributed by atoms with van der Waals surface area (Å²) in [5.74, 6) is 1.18. The van der Waals surface area contributed by atoms with Gasteiger partial charge in [-0.3, -0.25) is 4.79 Å². The molecule has 0 bridgehead atoms. The van der Waals surface area contributed by atoms with Gasteiger partial charge in [-0.1, -0.05) is 0 Å². The molecule has 2 N–H and O–H groups in total. The Kier molecular flexibility index (Phi) is 5.84.